The molecule has 0 aliphatic heterocycles. The number of aromatic nitrogens is 3. The molecule has 0 radical (unpaired) electrons. The van der Waals surface area contributed by atoms with Gasteiger partial charge in [0.15, 0.2) is 5.96 Å². The van der Waals surface area contributed by atoms with Gasteiger partial charge in [-0.05, 0) is 31.5 Å². The molecule has 0 saturated carbocycles. The number of nitrogens with one attached hydrogen (secondary N) is 2. The van der Waals surface area contributed by atoms with Gasteiger partial charge in [-0.3, -0.25) is 0 Å². The van der Waals surface area contributed by atoms with Crippen molar-refractivity contribution in [3.05, 3.63) is 48.0 Å². The first-order chi connectivity index (χ1) is 13.7. The summed E-state index contributed by atoms with van der Waals surface area (Å²) in [6.07, 6.45) is 4.33. The molecule has 0 fully saturated rings. The van der Waals surface area contributed by atoms with E-state index < -0.39 is 0 Å². The van der Waals surface area contributed by atoms with E-state index >= 15 is 0 Å². The summed E-state index contributed by atoms with van der Waals surface area (Å²) in [5.74, 6) is 0.842. The van der Waals surface area contributed by atoms with Crippen molar-refractivity contribution in [2.24, 2.45) is 4.99 Å². The molecule has 0 atom stereocenters. The predicted molar refractivity (Wildman–Crippen MR) is 112 cm³/mol. The Morgan fingerprint density at radius 3 is 2.86 bits per heavy atom. The molecule has 0 saturated heterocycles. The first-order valence-electron chi connectivity index (χ1n) is 9.81. The molecular formula is C20H33N7O. The summed E-state index contributed by atoms with van der Waals surface area (Å²) >= 11 is 0. The van der Waals surface area contributed by atoms with Crippen LogP contribution in [0, 0.1) is 0 Å². The summed E-state index contributed by atoms with van der Waals surface area (Å²) in [4.78, 5) is 11.0. The number of benzene rings is 1. The molecule has 8 heteroatoms. The van der Waals surface area contributed by atoms with Crippen LogP contribution < -0.4 is 10.6 Å². The molecule has 2 aromatic rings. The molecule has 0 amide bonds. The molecule has 1 aromatic heterocycles. The highest BCUT2D eigenvalue weighted by Crippen LogP contribution is 2.08. The van der Waals surface area contributed by atoms with Gasteiger partial charge in [0.25, 0.3) is 0 Å². The average molecular weight is 388 g/mol. The van der Waals surface area contributed by atoms with E-state index in [1.807, 2.05) is 4.68 Å². The normalized spacial score (nSPS) is 11.8. The molecule has 154 valence electrons. The monoisotopic (exact) mass is 387 g/mol. The van der Waals surface area contributed by atoms with Crippen LogP contribution in [-0.2, 0) is 17.8 Å². The third-order valence-corrected chi connectivity index (χ3v) is 4.24. The Morgan fingerprint density at radius 2 is 2.11 bits per heavy atom. The third-order valence-electron chi connectivity index (χ3n) is 4.24. The van der Waals surface area contributed by atoms with E-state index in [1.54, 1.807) is 19.8 Å². The molecule has 28 heavy (non-hydrogen) atoms. The summed E-state index contributed by atoms with van der Waals surface area (Å²) in [6, 6.07) is 8.42. The SMILES string of the molecule is CCNC(=NCc1cccc(Cn2cncn2)c1)NCCN(C)CCCOC. The zero-order chi connectivity index (χ0) is 20.0. The van der Waals surface area contributed by atoms with Gasteiger partial charge in [-0.2, -0.15) is 5.10 Å². The maximum atomic E-state index is 5.10. The molecule has 1 aromatic carbocycles. The summed E-state index contributed by atoms with van der Waals surface area (Å²) in [5.41, 5.74) is 2.36. The van der Waals surface area contributed by atoms with Crippen LogP contribution in [0.5, 0.6) is 0 Å². The van der Waals surface area contributed by atoms with Crippen molar-refractivity contribution in [3.8, 4) is 0 Å². The van der Waals surface area contributed by atoms with Gasteiger partial charge in [-0.15, -0.1) is 0 Å². The maximum Gasteiger partial charge on any atom is 0.191 e. The molecule has 0 aliphatic carbocycles. The van der Waals surface area contributed by atoms with E-state index in [0.29, 0.717) is 13.1 Å². The molecule has 0 aliphatic rings. The molecule has 0 bridgehead atoms. The largest absolute Gasteiger partial charge is 0.385 e. The number of aliphatic imine (C=N–C) groups is 1. The standard InChI is InChI=1S/C20H33N7O/c1-4-22-20(23-9-11-26(2)10-6-12-28-3)24-14-18-7-5-8-19(13-18)15-27-17-21-16-25-27/h5,7-8,13,16-17H,4,6,9-12,14-15H2,1-3H3,(H2,22,23,24). The molecule has 8 nitrogen and oxygen atoms in total. The average Bonchev–Trinajstić information content (AvgIpc) is 3.19. The van der Waals surface area contributed by atoms with Crippen molar-refractivity contribution >= 4 is 5.96 Å². The van der Waals surface area contributed by atoms with Gasteiger partial charge in [0.1, 0.15) is 12.7 Å². The topological polar surface area (TPSA) is 79.6 Å². The van der Waals surface area contributed by atoms with Gasteiger partial charge < -0.3 is 20.3 Å². The number of rotatable bonds is 12. The van der Waals surface area contributed by atoms with Gasteiger partial charge >= 0.3 is 0 Å². The van der Waals surface area contributed by atoms with Gasteiger partial charge in [0, 0.05) is 39.9 Å². The number of methoxy groups -OCH3 is 1. The Bertz CT molecular complexity index is 688. The Morgan fingerprint density at radius 1 is 1.25 bits per heavy atom. The highest BCUT2D eigenvalue weighted by atomic mass is 16.5. The maximum absolute atomic E-state index is 5.10. The Kier molecular flexibility index (Phi) is 10.0. The van der Waals surface area contributed by atoms with E-state index in [0.717, 1.165) is 45.2 Å². The number of likely N-dealkylation sites (N-methyl/N-ethyl adjacent to an activating group) is 1. The Balaban J connectivity index is 1.82. The molecule has 0 unspecified atom stereocenters. The van der Waals surface area contributed by atoms with E-state index in [1.165, 1.54) is 11.1 Å². The minimum absolute atomic E-state index is 0.629. The van der Waals surface area contributed by atoms with Crippen LogP contribution in [-0.4, -0.2) is 72.6 Å². The van der Waals surface area contributed by atoms with Gasteiger partial charge in [-0.1, -0.05) is 24.3 Å². The summed E-state index contributed by atoms with van der Waals surface area (Å²) in [7, 11) is 3.87. The van der Waals surface area contributed by atoms with Gasteiger partial charge in [-0.25, -0.2) is 14.7 Å². The van der Waals surface area contributed by atoms with Crippen molar-refractivity contribution in [1.82, 2.24) is 30.3 Å². The first kappa shape index (κ1) is 21.8. The van der Waals surface area contributed by atoms with E-state index in [-0.39, 0.29) is 0 Å². The number of nitrogens with zero attached hydrogens (tertiary/aromatic N) is 5. The highest BCUT2D eigenvalue weighted by molar-refractivity contribution is 5.79. The van der Waals surface area contributed by atoms with Crippen molar-refractivity contribution in [1.29, 1.82) is 0 Å². The van der Waals surface area contributed by atoms with E-state index in [2.05, 4.69) is 63.9 Å². The van der Waals surface area contributed by atoms with Crippen molar-refractivity contribution < 1.29 is 4.74 Å². The van der Waals surface area contributed by atoms with E-state index in [9.17, 15) is 0 Å². The molecule has 1 heterocycles. The minimum Gasteiger partial charge on any atom is -0.385 e. The van der Waals surface area contributed by atoms with Crippen molar-refractivity contribution in [2.75, 3.05) is 46.9 Å². The number of hydrogen-bond acceptors (Lipinski definition) is 5. The third kappa shape index (κ3) is 8.49. The zero-order valence-electron chi connectivity index (χ0n) is 17.3. The van der Waals surface area contributed by atoms with Crippen LogP contribution in [0.4, 0.5) is 0 Å². The molecular weight excluding hydrogens is 354 g/mol. The number of ether oxygens (including phenoxy) is 1. The highest BCUT2D eigenvalue weighted by Gasteiger charge is 2.02. The smallest absolute Gasteiger partial charge is 0.191 e. The summed E-state index contributed by atoms with van der Waals surface area (Å²) in [5, 5.41) is 10.9. The van der Waals surface area contributed by atoms with Crippen molar-refractivity contribution in [2.45, 2.75) is 26.4 Å². The molecule has 2 N–H and O–H groups in total. The molecule has 0 spiro atoms. The lowest BCUT2D eigenvalue weighted by Gasteiger charge is -2.18. The quantitative estimate of drug-likeness (QED) is 0.325. The van der Waals surface area contributed by atoms with Crippen LogP contribution in [0.3, 0.4) is 0 Å². The minimum atomic E-state index is 0.629. The number of hydrogen-bond donors (Lipinski definition) is 2. The lowest BCUT2D eigenvalue weighted by atomic mass is 10.1. The second kappa shape index (κ2) is 12.9. The fourth-order valence-electron chi connectivity index (χ4n) is 2.80. The van der Waals surface area contributed by atoms with Crippen LogP contribution in [0.15, 0.2) is 41.9 Å². The van der Waals surface area contributed by atoms with Crippen molar-refractivity contribution in [3.63, 3.8) is 0 Å². The Hall–Kier alpha value is -2.45. The van der Waals surface area contributed by atoms with Gasteiger partial charge in [0.05, 0.1) is 13.1 Å². The van der Waals surface area contributed by atoms with Crippen LogP contribution in [0.25, 0.3) is 0 Å². The van der Waals surface area contributed by atoms with Gasteiger partial charge in [0.2, 0.25) is 0 Å². The summed E-state index contributed by atoms with van der Waals surface area (Å²) in [6.45, 7) is 7.90. The lowest BCUT2D eigenvalue weighted by molar-refractivity contribution is 0.180. The summed E-state index contributed by atoms with van der Waals surface area (Å²) < 4.78 is 6.92. The zero-order valence-corrected chi connectivity index (χ0v) is 17.3. The van der Waals surface area contributed by atoms with Crippen LogP contribution in [0.1, 0.15) is 24.5 Å². The van der Waals surface area contributed by atoms with Crippen LogP contribution in [0.2, 0.25) is 0 Å². The Labute approximate surface area is 168 Å². The fourth-order valence-corrected chi connectivity index (χ4v) is 2.80. The van der Waals surface area contributed by atoms with E-state index in [4.69, 9.17) is 9.73 Å². The number of guanidine groups is 1. The first-order valence-corrected chi connectivity index (χ1v) is 9.81. The van der Waals surface area contributed by atoms with Crippen LogP contribution >= 0.6 is 0 Å². The molecule has 2 rings (SSSR count). The second-order valence-corrected chi connectivity index (χ2v) is 6.68. The predicted octanol–water partition coefficient (Wildman–Crippen LogP) is 1.35. The fraction of sp³-hybridized carbons (Fsp3) is 0.550. The second-order valence-electron chi connectivity index (χ2n) is 6.68. The lowest BCUT2D eigenvalue weighted by Crippen LogP contribution is -2.41.